The van der Waals surface area contributed by atoms with Gasteiger partial charge in [0.25, 0.3) is 0 Å². The molecule has 2 amide bonds. The number of imidazole rings is 1. The number of H-pyrrole nitrogens is 1. The van der Waals surface area contributed by atoms with Gasteiger partial charge in [0.15, 0.2) is 0 Å². The van der Waals surface area contributed by atoms with Crippen molar-refractivity contribution < 1.29 is 9.53 Å². The smallest absolute Gasteiger partial charge is 0.315 e. The lowest BCUT2D eigenvalue weighted by atomic mass is 10.1. The quantitative estimate of drug-likeness (QED) is 0.380. The molecule has 1 heterocycles. The highest BCUT2D eigenvalue weighted by atomic mass is 16.5. The first-order chi connectivity index (χ1) is 15.6. The van der Waals surface area contributed by atoms with Crippen molar-refractivity contribution in [1.82, 2.24) is 20.6 Å². The molecule has 0 aliphatic rings. The summed E-state index contributed by atoms with van der Waals surface area (Å²) in [6.45, 7) is 2.63. The van der Waals surface area contributed by atoms with Gasteiger partial charge in [-0.05, 0) is 55.2 Å². The Morgan fingerprint density at radius 1 is 1.00 bits per heavy atom. The number of fused-ring (bicyclic) bond motifs is 1. The van der Waals surface area contributed by atoms with Gasteiger partial charge in [0, 0.05) is 6.54 Å². The van der Waals surface area contributed by atoms with Crippen LogP contribution in [0.1, 0.15) is 28.6 Å². The summed E-state index contributed by atoms with van der Waals surface area (Å²) < 4.78 is 5.25. The predicted molar refractivity (Wildman–Crippen MR) is 127 cm³/mol. The molecule has 0 saturated heterocycles. The van der Waals surface area contributed by atoms with Gasteiger partial charge in [-0.15, -0.1) is 0 Å². The van der Waals surface area contributed by atoms with Crippen LogP contribution in [0, 0.1) is 6.92 Å². The fourth-order valence-electron chi connectivity index (χ4n) is 3.64. The lowest BCUT2D eigenvalue weighted by Crippen LogP contribution is -2.40. The third kappa shape index (κ3) is 5.46. The van der Waals surface area contributed by atoms with Crippen LogP contribution in [-0.4, -0.2) is 29.7 Å². The number of urea groups is 1. The van der Waals surface area contributed by atoms with Gasteiger partial charge in [0.2, 0.25) is 0 Å². The monoisotopic (exact) mass is 428 g/mol. The SMILES string of the molecule is COc1ccc(CC(NC(=O)NCCc2ccc(C)cc2)c2nc3ccccc3[nH]2)cc1. The van der Waals surface area contributed by atoms with E-state index in [2.05, 4.69) is 46.8 Å². The number of carbonyl (C=O) groups excluding carboxylic acids is 1. The lowest BCUT2D eigenvalue weighted by molar-refractivity contribution is 0.236. The summed E-state index contributed by atoms with van der Waals surface area (Å²) in [6, 6.07) is 23.6. The molecule has 32 heavy (non-hydrogen) atoms. The highest BCUT2D eigenvalue weighted by Gasteiger charge is 2.19. The summed E-state index contributed by atoms with van der Waals surface area (Å²) in [5.41, 5.74) is 5.33. The van der Waals surface area contributed by atoms with Crippen LogP contribution in [0.5, 0.6) is 5.75 Å². The number of aromatic amines is 1. The maximum absolute atomic E-state index is 12.7. The maximum Gasteiger partial charge on any atom is 0.315 e. The Bertz CT molecular complexity index is 1130. The van der Waals surface area contributed by atoms with Gasteiger partial charge in [-0.25, -0.2) is 9.78 Å². The number of ether oxygens (including phenoxy) is 1. The molecule has 4 aromatic rings. The fourth-order valence-corrected chi connectivity index (χ4v) is 3.64. The Morgan fingerprint density at radius 3 is 2.44 bits per heavy atom. The zero-order valence-electron chi connectivity index (χ0n) is 18.4. The second kappa shape index (κ2) is 10.0. The zero-order chi connectivity index (χ0) is 22.3. The number of para-hydroxylation sites is 2. The topological polar surface area (TPSA) is 79.0 Å². The van der Waals surface area contributed by atoms with Crippen molar-refractivity contribution in [3.63, 3.8) is 0 Å². The molecule has 0 saturated carbocycles. The van der Waals surface area contributed by atoms with Crippen LogP contribution in [-0.2, 0) is 12.8 Å². The molecule has 0 fully saturated rings. The van der Waals surface area contributed by atoms with Crippen LogP contribution in [0.3, 0.4) is 0 Å². The van der Waals surface area contributed by atoms with E-state index in [0.29, 0.717) is 13.0 Å². The van der Waals surface area contributed by atoms with E-state index in [1.54, 1.807) is 7.11 Å². The number of aromatic nitrogens is 2. The van der Waals surface area contributed by atoms with Gasteiger partial charge in [-0.1, -0.05) is 54.1 Å². The van der Waals surface area contributed by atoms with Crippen molar-refractivity contribution in [2.75, 3.05) is 13.7 Å². The van der Waals surface area contributed by atoms with Gasteiger partial charge in [0.05, 0.1) is 24.2 Å². The zero-order valence-corrected chi connectivity index (χ0v) is 18.4. The molecule has 0 spiro atoms. The summed E-state index contributed by atoms with van der Waals surface area (Å²) >= 11 is 0. The number of rotatable bonds is 8. The fraction of sp³-hybridized carbons (Fsp3) is 0.231. The second-order valence-electron chi connectivity index (χ2n) is 7.88. The number of carbonyl (C=O) groups is 1. The minimum absolute atomic E-state index is 0.212. The number of methoxy groups -OCH3 is 1. The molecule has 0 aliphatic heterocycles. The molecule has 0 radical (unpaired) electrons. The van der Waals surface area contributed by atoms with E-state index in [1.165, 1.54) is 11.1 Å². The van der Waals surface area contributed by atoms with E-state index in [1.807, 2.05) is 48.5 Å². The van der Waals surface area contributed by atoms with Crippen LogP contribution < -0.4 is 15.4 Å². The lowest BCUT2D eigenvalue weighted by Gasteiger charge is -2.18. The van der Waals surface area contributed by atoms with Crippen molar-refractivity contribution in [2.24, 2.45) is 0 Å². The average Bonchev–Trinajstić information content (AvgIpc) is 3.25. The molecule has 4 rings (SSSR count). The van der Waals surface area contributed by atoms with E-state index in [9.17, 15) is 4.79 Å². The van der Waals surface area contributed by atoms with Gasteiger partial charge in [0.1, 0.15) is 11.6 Å². The molecule has 0 aliphatic carbocycles. The van der Waals surface area contributed by atoms with Gasteiger partial charge < -0.3 is 20.4 Å². The Morgan fingerprint density at radius 2 is 1.72 bits per heavy atom. The molecular weight excluding hydrogens is 400 g/mol. The Balaban J connectivity index is 1.45. The van der Waals surface area contributed by atoms with Crippen molar-refractivity contribution in [3.8, 4) is 5.75 Å². The number of hydrogen-bond donors (Lipinski definition) is 3. The number of aryl methyl sites for hydroxylation is 1. The molecule has 0 bridgehead atoms. The van der Waals surface area contributed by atoms with E-state index < -0.39 is 0 Å². The van der Waals surface area contributed by atoms with E-state index in [-0.39, 0.29) is 12.1 Å². The number of amides is 2. The summed E-state index contributed by atoms with van der Waals surface area (Å²) in [4.78, 5) is 20.8. The van der Waals surface area contributed by atoms with Gasteiger partial charge in [-0.3, -0.25) is 0 Å². The van der Waals surface area contributed by atoms with E-state index >= 15 is 0 Å². The standard InChI is InChI=1S/C26H28N4O2/c1-18-7-9-19(10-8-18)15-16-27-26(31)30-24(17-20-11-13-21(32-2)14-12-20)25-28-22-5-3-4-6-23(22)29-25/h3-14,24H,15-17H2,1-2H3,(H,28,29)(H2,27,30,31). The number of nitrogens with one attached hydrogen (secondary N) is 3. The highest BCUT2D eigenvalue weighted by Crippen LogP contribution is 2.21. The first-order valence-corrected chi connectivity index (χ1v) is 10.8. The summed E-state index contributed by atoms with van der Waals surface area (Å²) in [5, 5.41) is 6.06. The van der Waals surface area contributed by atoms with Crippen LogP contribution in [0.25, 0.3) is 11.0 Å². The van der Waals surface area contributed by atoms with Crippen LogP contribution in [0.15, 0.2) is 72.8 Å². The Labute approximate surface area is 188 Å². The summed E-state index contributed by atoms with van der Waals surface area (Å²) in [5.74, 6) is 1.53. The molecule has 3 aromatic carbocycles. The van der Waals surface area contributed by atoms with Crippen molar-refractivity contribution in [2.45, 2.75) is 25.8 Å². The molecule has 6 nitrogen and oxygen atoms in total. The first-order valence-electron chi connectivity index (χ1n) is 10.8. The van der Waals surface area contributed by atoms with Crippen LogP contribution >= 0.6 is 0 Å². The normalized spacial score (nSPS) is 11.8. The average molecular weight is 429 g/mol. The largest absolute Gasteiger partial charge is 0.497 e. The van der Waals surface area contributed by atoms with Crippen LogP contribution in [0.4, 0.5) is 4.79 Å². The first kappa shape index (κ1) is 21.4. The van der Waals surface area contributed by atoms with Crippen molar-refractivity contribution >= 4 is 17.1 Å². The molecule has 164 valence electrons. The molecular formula is C26H28N4O2. The number of benzene rings is 3. The minimum Gasteiger partial charge on any atom is -0.497 e. The molecule has 3 N–H and O–H groups in total. The van der Waals surface area contributed by atoms with Gasteiger partial charge >= 0.3 is 6.03 Å². The predicted octanol–water partition coefficient (Wildman–Crippen LogP) is 4.71. The van der Waals surface area contributed by atoms with Gasteiger partial charge in [-0.2, -0.15) is 0 Å². The second-order valence-corrected chi connectivity index (χ2v) is 7.88. The molecule has 1 atom stereocenters. The molecule has 1 aromatic heterocycles. The van der Waals surface area contributed by atoms with Crippen molar-refractivity contribution in [1.29, 1.82) is 0 Å². The Hall–Kier alpha value is -3.80. The van der Waals surface area contributed by atoms with E-state index in [4.69, 9.17) is 9.72 Å². The highest BCUT2D eigenvalue weighted by molar-refractivity contribution is 5.76. The Kier molecular flexibility index (Phi) is 6.70. The number of nitrogens with zero attached hydrogens (tertiary/aromatic N) is 1. The van der Waals surface area contributed by atoms with E-state index in [0.717, 1.165) is 34.6 Å². The molecule has 1 unspecified atom stereocenters. The summed E-state index contributed by atoms with van der Waals surface area (Å²) in [6.07, 6.45) is 1.39. The summed E-state index contributed by atoms with van der Waals surface area (Å²) in [7, 11) is 1.65. The van der Waals surface area contributed by atoms with Crippen molar-refractivity contribution in [3.05, 3.63) is 95.3 Å². The third-order valence-corrected chi connectivity index (χ3v) is 5.46. The maximum atomic E-state index is 12.7. The van der Waals surface area contributed by atoms with Crippen LogP contribution in [0.2, 0.25) is 0 Å². The number of hydrogen-bond acceptors (Lipinski definition) is 3. The minimum atomic E-state index is -0.296. The third-order valence-electron chi connectivity index (χ3n) is 5.46. The molecule has 6 heteroatoms.